The Bertz CT molecular complexity index is 1390. The number of sulfonamides is 1. The van der Waals surface area contributed by atoms with E-state index in [0.717, 1.165) is 34.2 Å². The van der Waals surface area contributed by atoms with Gasteiger partial charge in [-0.15, -0.1) is 0 Å². The number of nitrogens with one attached hydrogen (secondary N) is 2. The Balaban J connectivity index is 1.72. The number of hydrogen-bond donors (Lipinski definition) is 2. The van der Waals surface area contributed by atoms with E-state index in [0.29, 0.717) is 33.3 Å². The number of hydrogen-bond acceptors (Lipinski definition) is 4. The second kappa shape index (κ2) is 9.31. The van der Waals surface area contributed by atoms with Crippen LogP contribution in [0.3, 0.4) is 0 Å². The van der Waals surface area contributed by atoms with Gasteiger partial charge in [-0.1, -0.05) is 49.7 Å². The topological polar surface area (TPSA) is 84.5 Å². The summed E-state index contributed by atoms with van der Waals surface area (Å²) in [6.45, 7) is 6.04. The quantitative estimate of drug-likeness (QED) is 0.434. The molecule has 1 heterocycles. The zero-order valence-electron chi connectivity index (χ0n) is 19.5. The maximum atomic E-state index is 13.1. The summed E-state index contributed by atoms with van der Waals surface area (Å²) in [4.78, 5) is 13.4. The van der Waals surface area contributed by atoms with Gasteiger partial charge in [-0.2, -0.15) is 0 Å². The van der Waals surface area contributed by atoms with Crippen molar-refractivity contribution < 1.29 is 17.9 Å². The minimum atomic E-state index is -3.38. The fraction of sp³-hybridized carbons (Fsp3) is 0.269. The van der Waals surface area contributed by atoms with Crippen LogP contribution in [0.15, 0.2) is 53.4 Å². The number of carbonyl (C=O) groups is 1. The molecule has 178 valence electrons. The van der Waals surface area contributed by atoms with E-state index in [4.69, 9.17) is 16.3 Å². The molecule has 0 saturated heterocycles. The van der Waals surface area contributed by atoms with Gasteiger partial charge in [0, 0.05) is 5.02 Å². The largest absolute Gasteiger partial charge is 0.496 e. The summed E-state index contributed by atoms with van der Waals surface area (Å²) in [6.07, 6.45) is 1.44. The molecule has 34 heavy (non-hydrogen) atoms. The molecule has 0 bridgehead atoms. The molecule has 0 aromatic heterocycles. The van der Waals surface area contributed by atoms with Crippen molar-refractivity contribution in [3.8, 4) is 16.9 Å². The number of carbonyl (C=O) groups excluding carboxylic acids is 1. The summed E-state index contributed by atoms with van der Waals surface area (Å²) in [5.41, 5.74) is 6.16. The van der Waals surface area contributed by atoms with Crippen LogP contribution in [0.25, 0.3) is 11.1 Å². The monoisotopic (exact) mass is 498 g/mol. The minimum Gasteiger partial charge on any atom is -0.496 e. The van der Waals surface area contributed by atoms with E-state index in [-0.39, 0.29) is 11.9 Å². The molecule has 1 aliphatic rings. The Morgan fingerprint density at radius 3 is 2.41 bits per heavy atom. The van der Waals surface area contributed by atoms with Crippen molar-refractivity contribution in [2.45, 2.75) is 44.6 Å². The molecule has 4 rings (SSSR count). The molecule has 1 unspecified atom stereocenters. The lowest BCUT2D eigenvalue weighted by Gasteiger charge is -2.27. The van der Waals surface area contributed by atoms with Crippen LogP contribution in [0, 0.1) is 0 Å². The van der Waals surface area contributed by atoms with Gasteiger partial charge >= 0.3 is 0 Å². The number of benzene rings is 3. The third-order valence-corrected chi connectivity index (χ3v) is 7.86. The first-order valence-corrected chi connectivity index (χ1v) is 13.0. The Kier molecular flexibility index (Phi) is 6.60. The van der Waals surface area contributed by atoms with Crippen LogP contribution in [0.1, 0.15) is 53.9 Å². The number of amides is 1. The summed E-state index contributed by atoms with van der Waals surface area (Å²) in [7, 11) is -1.86. The van der Waals surface area contributed by atoms with Crippen molar-refractivity contribution >= 4 is 33.2 Å². The molecule has 6 nitrogen and oxygen atoms in total. The van der Waals surface area contributed by atoms with Crippen LogP contribution in [-0.4, -0.2) is 21.4 Å². The average Bonchev–Trinajstić information content (AvgIpc) is 2.82. The lowest BCUT2D eigenvalue weighted by molar-refractivity contribution is 0.0936. The Morgan fingerprint density at radius 1 is 1.06 bits per heavy atom. The van der Waals surface area contributed by atoms with Crippen LogP contribution < -0.4 is 14.8 Å². The number of fused-ring (bicyclic) bond motifs is 1. The summed E-state index contributed by atoms with van der Waals surface area (Å²) < 4.78 is 32.0. The molecule has 1 atom stereocenters. The molecular weight excluding hydrogens is 472 g/mol. The molecule has 0 spiro atoms. The Labute approximate surface area is 205 Å². The predicted molar refractivity (Wildman–Crippen MR) is 135 cm³/mol. The van der Waals surface area contributed by atoms with Gasteiger partial charge in [0.25, 0.3) is 15.9 Å². The average molecular weight is 499 g/mol. The van der Waals surface area contributed by atoms with Gasteiger partial charge in [0.05, 0.1) is 24.4 Å². The lowest BCUT2D eigenvalue weighted by atomic mass is 9.87. The third kappa shape index (κ3) is 4.14. The summed E-state index contributed by atoms with van der Waals surface area (Å²) in [5, 5.41) is 3.53. The number of methoxy groups -OCH3 is 1. The summed E-state index contributed by atoms with van der Waals surface area (Å²) in [5.74, 6) is 0.180. The number of halogens is 1. The van der Waals surface area contributed by atoms with E-state index in [1.54, 1.807) is 24.3 Å². The van der Waals surface area contributed by atoms with Gasteiger partial charge in [-0.25, -0.2) is 8.42 Å². The number of ether oxygens (including phenoxy) is 1. The van der Waals surface area contributed by atoms with Crippen molar-refractivity contribution in [3.05, 3.63) is 75.8 Å². The maximum absolute atomic E-state index is 13.1. The first kappa shape index (κ1) is 24.1. The van der Waals surface area contributed by atoms with Gasteiger partial charge < -0.3 is 10.1 Å². The van der Waals surface area contributed by atoms with Gasteiger partial charge in [0.2, 0.25) is 0 Å². The molecule has 2 N–H and O–H groups in total. The maximum Gasteiger partial charge on any atom is 0.264 e. The second-order valence-corrected chi connectivity index (χ2v) is 10.3. The Morgan fingerprint density at radius 2 is 1.76 bits per heavy atom. The lowest BCUT2D eigenvalue weighted by Crippen LogP contribution is -2.28. The zero-order valence-corrected chi connectivity index (χ0v) is 21.1. The van der Waals surface area contributed by atoms with Crippen molar-refractivity contribution in [1.29, 1.82) is 0 Å². The molecule has 0 aliphatic carbocycles. The third-order valence-electron chi connectivity index (χ3n) is 6.23. The molecule has 3 aromatic rings. The van der Waals surface area contributed by atoms with E-state index < -0.39 is 10.0 Å². The van der Waals surface area contributed by atoms with E-state index in [1.807, 2.05) is 38.1 Å². The Hall–Kier alpha value is -3.03. The van der Waals surface area contributed by atoms with Crippen LogP contribution >= 0.6 is 11.6 Å². The number of rotatable bonds is 7. The zero-order chi connectivity index (χ0) is 24.6. The van der Waals surface area contributed by atoms with E-state index in [2.05, 4.69) is 17.0 Å². The smallest absolute Gasteiger partial charge is 0.264 e. The number of anilines is 1. The summed E-state index contributed by atoms with van der Waals surface area (Å²) in [6, 6.07) is 14.2. The predicted octanol–water partition coefficient (Wildman–Crippen LogP) is 5.75. The van der Waals surface area contributed by atoms with Gasteiger partial charge in [-0.3, -0.25) is 9.52 Å². The molecule has 1 aliphatic heterocycles. The fourth-order valence-electron chi connectivity index (χ4n) is 4.59. The van der Waals surface area contributed by atoms with Gasteiger partial charge in [-0.05, 0) is 71.8 Å². The van der Waals surface area contributed by atoms with E-state index in [9.17, 15) is 13.2 Å². The van der Waals surface area contributed by atoms with Crippen LogP contribution in [0.2, 0.25) is 5.02 Å². The van der Waals surface area contributed by atoms with Crippen LogP contribution in [0.5, 0.6) is 5.75 Å². The molecule has 0 fully saturated rings. The fourth-order valence-corrected chi connectivity index (χ4v) is 5.91. The molecule has 8 heteroatoms. The molecule has 3 aromatic carbocycles. The highest BCUT2D eigenvalue weighted by Gasteiger charge is 2.33. The van der Waals surface area contributed by atoms with Crippen molar-refractivity contribution in [2.75, 3.05) is 11.8 Å². The second-order valence-electron chi connectivity index (χ2n) is 8.19. The van der Waals surface area contributed by atoms with Crippen molar-refractivity contribution in [1.82, 2.24) is 5.32 Å². The van der Waals surface area contributed by atoms with Crippen LogP contribution in [-0.2, 0) is 22.9 Å². The highest BCUT2D eigenvalue weighted by atomic mass is 35.5. The molecular formula is C26H27ClN2O4S. The van der Waals surface area contributed by atoms with Gasteiger partial charge in [0.15, 0.2) is 0 Å². The van der Waals surface area contributed by atoms with Gasteiger partial charge in [0.1, 0.15) is 10.6 Å². The normalized spacial score (nSPS) is 14.4. The minimum absolute atomic E-state index is 0.274. The van der Waals surface area contributed by atoms with E-state index >= 15 is 0 Å². The first-order valence-electron chi connectivity index (χ1n) is 11.2. The summed E-state index contributed by atoms with van der Waals surface area (Å²) >= 11 is 6.10. The standard InChI is InChI=1S/C26H27ClN2O4S/c1-5-17-19(15(3)28-26(30)22-14-16(27)10-12-23(22)33-4)8-7-9-20(17)21-11-13-24-25(18(21)6-2)29-34(24,31)32/h7-15,29H,5-6H2,1-4H3,(H,28,30). The van der Waals surface area contributed by atoms with Crippen molar-refractivity contribution in [3.63, 3.8) is 0 Å². The first-order chi connectivity index (χ1) is 16.2. The highest BCUT2D eigenvalue weighted by molar-refractivity contribution is 7.94. The van der Waals surface area contributed by atoms with E-state index in [1.165, 1.54) is 7.11 Å². The van der Waals surface area contributed by atoms with Crippen molar-refractivity contribution in [2.24, 2.45) is 0 Å². The molecule has 0 saturated carbocycles. The molecule has 0 radical (unpaired) electrons. The molecule has 1 amide bonds. The highest BCUT2D eigenvalue weighted by Crippen LogP contribution is 2.43. The van der Waals surface area contributed by atoms with Crippen LogP contribution in [0.4, 0.5) is 5.69 Å². The SMILES string of the molecule is CCc1c(-c2ccc3c(c2CC)NS3(=O)=O)cccc1C(C)NC(=O)c1cc(Cl)ccc1OC.